The molecule has 7 aromatic rings. The Morgan fingerprint density at radius 1 is 0.328 bits per heavy atom. The SMILES string of the molecule is C1=Cc2cc3ccc(cc4nc(cc5ccc(cc1n2)[nH]5)C=C4)[nH]3.O=C(O)c1ccccc1.O=C(O)c1ccccc1.O=C(O)c1ccccc1.O=C(O)c1ccccc1.[Na]. The van der Waals surface area contributed by atoms with E-state index in [2.05, 4.69) is 44.2 Å². The molecule has 0 atom stereocenters. The predicted molar refractivity (Wildman–Crippen MR) is 238 cm³/mol. The summed E-state index contributed by atoms with van der Waals surface area (Å²) in [5.41, 5.74) is 9.18. The van der Waals surface area contributed by atoms with Crippen molar-refractivity contribution in [2.75, 3.05) is 0 Å². The van der Waals surface area contributed by atoms with E-state index in [0.29, 0.717) is 22.3 Å². The zero-order valence-corrected chi connectivity index (χ0v) is 34.8. The summed E-state index contributed by atoms with van der Waals surface area (Å²) in [5.74, 6) is -3.52. The molecule has 0 aliphatic carbocycles. The zero-order valence-electron chi connectivity index (χ0n) is 32.8. The fourth-order valence-corrected chi connectivity index (χ4v) is 5.27. The van der Waals surface area contributed by atoms with Crippen LogP contribution in [0.2, 0.25) is 0 Å². The third kappa shape index (κ3) is 15.6. The van der Waals surface area contributed by atoms with Gasteiger partial charge in [-0.2, -0.15) is 0 Å². The van der Waals surface area contributed by atoms with Gasteiger partial charge in [0.1, 0.15) is 0 Å². The Morgan fingerprint density at radius 3 is 0.689 bits per heavy atom. The van der Waals surface area contributed by atoms with E-state index in [1.54, 1.807) is 121 Å². The number of benzene rings is 4. The maximum absolute atomic E-state index is 10.2. The van der Waals surface area contributed by atoms with Crippen LogP contribution >= 0.6 is 0 Å². The number of H-pyrrole nitrogens is 2. The van der Waals surface area contributed by atoms with Crippen molar-refractivity contribution >= 4 is 99.8 Å². The van der Waals surface area contributed by atoms with Crippen molar-refractivity contribution in [2.45, 2.75) is 0 Å². The molecule has 2 aliphatic heterocycles. The smallest absolute Gasteiger partial charge is 0.335 e. The van der Waals surface area contributed by atoms with Crippen LogP contribution in [0.25, 0.3) is 46.4 Å². The van der Waals surface area contributed by atoms with Crippen molar-refractivity contribution in [1.82, 2.24) is 19.9 Å². The van der Waals surface area contributed by atoms with E-state index in [9.17, 15) is 19.2 Å². The molecule has 4 aromatic carbocycles. The number of carboxylic acid groups (broad SMARTS) is 4. The van der Waals surface area contributed by atoms with Gasteiger partial charge in [0.15, 0.2) is 0 Å². The summed E-state index contributed by atoms with van der Waals surface area (Å²) in [4.78, 5) is 56.8. The normalized spacial score (nSPS) is 10.2. The molecule has 2 aliphatic rings. The molecular weight excluding hydrogens is 784 g/mol. The largest absolute Gasteiger partial charge is 0.478 e. The predicted octanol–water partition coefficient (Wildman–Crippen LogP) is 9.81. The molecule has 5 heterocycles. The zero-order chi connectivity index (χ0) is 42.7. The van der Waals surface area contributed by atoms with Gasteiger partial charge in [-0.05, 0) is 121 Å². The number of fused-ring (bicyclic) bond motifs is 8. The van der Waals surface area contributed by atoms with E-state index in [1.807, 2.05) is 48.6 Å². The molecule has 0 saturated heterocycles. The number of aromatic nitrogens is 4. The topological polar surface area (TPSA) is 207 Å². The second kappa shape index (κ2) is 23.7. The first kappa shape index (κ1) is 46.1. The van der Waals surface area contributed by atoms with Crippen LogP contribution in [0.4, 0.5) is 0 Å². The minimum atomic E-state index is -0.879. The quantitative estimate of drug-likeness (QED) is 0.0927. The van der Waals surface area contributed by atoms with Crippen molar-refractivity contribution in [3.63, 3.8) is 0 Å². The maximum atomic E-state index is 10.2. The Hall–Kier alpha value is -7.64. The van der Waals surface area contributed by atoms with Gasteiger partial charge < -0.3 is 30.4 Å². The summed E-state index contributed by atoms with van der Waals surface area (Å²) in [7, 11) is 0. The van der Waals surface area contributed by atoms with Crippen LogP contribution in [0.1, 0.15) is 64.2 Å². The van der Waals surface area contributed by atoms with E-state index in [0.717, 1.165) is 44.8 Å². The molecule has 299 valence electrons. The number of aromatic carboxylic acids is 4. The van der Waals surface area contributed by atoms with Gasteiger partial charge in [0.25, 0.3) is 0 Å². The van der Waals surface area contributed by atoms with Crippen LogP contribution in [0, 0.1) is 0 Å². The Bertz CT molecular complexity index is 2400. The number of carboxylic acids is 4. The number of aromatic amines is 2. The van der Waals surface area contributed by atoms with Crippen LogP contribution in [-0.2, 0) is 0 Å². The van der Waals surface area contributed by atoms with Gasteiger partial charge >= 0.3 is 23.9 Å². The van der Waals surface area contributed by atoms with E-state index in [-0.39, 0.29) is 29.6 Å². The molecule has 12 nitrogen and oxygen atoms in total. The molecule has 1 radical (unpaired) electrons. The molecule has 3 aromatic heterocycles. The Morgan fingerprint density at radius 2 is 0.525 bits per heavy atom. The molecule has 0 unspecified atom stereocenters. The van der Waals surface area contributed by atoms with Crippen LogP contribution in [0.5, 0.6) is 0 Å². The van der Waals surface area contributed by atoms with Gasteiger partial charge in [-0.25, -0.2) is 29.1 Å². The Kier molecular flexibility index (Phi) is 17.9. The minimum Gasteiger partial charge on any atom is -0.478 e. The standard InChI is InChI=1S/C20H14N4.4C7H6O2.Na/c1-2-14-10-16-5-6-18(23-16)12-20-8-7-19(24-20)11-17-4-3-15(22-17)9-13(1)21-14;4*8-7(9)6-4-2-1-3-5-6;/h1-12,21,24H;4*1-5H,(H,8,9);. The average Bonchev–Trinajstić information content (AvgIpc) is 4.11. The number of rotatable bonds is 4. The number of nitrogens with zero attached hydrogens (tertiary/aromatic N) is 2. The summed E-state index contributed by atoms with van der Waals surface area (Å²) in [5, 5.41) is 33.5. The molecule has 13 heteroatoms. The van der Waals surface area contributed by atoms with Crippen molar-refractivity contribution in [3.8, 4) is 0 Å². The molecule has 0 fully saturated rings. The third-order valence-electron chi connectivity index (χ3n) is 8.12. The number of nitrogens with one attached hydrogen (secondary N) is 2. The first-order valence-electron chi connectivity index (χ1n) is 18.2. The van der Waals surface area contributed by atoms with E-state index >= 15 is 0 Å². The van der Waals surface area contributed by atoms with Crippen molar-refractivity contribution in [2.24, 2.45) is 0 Å². The molecule has 9 rings (SSSR count). The minimum absolute atomic E-state index is 0. The second-order valence-corrected chi connectivity index (χ2v) is 12.6. The van der Waals surface area contributed by atoms with E-state index in [4.69, 9.17) is 20.4 Å². The molecule has 61 heavy (non-hydrogen) atoms. The van der Waals surface area contributed by atoms with Crippen molar-refractivity contribution in [3.05, 3.63) is 215 Å². The first-order chi connectivity index (χ1) is 29.0. The van der Waals surface area contributed by atoms with Gasteiger partial charge in [-0.3, -0.25) is 0 Å². The van der Waals surface area contributed by atoms with Crippen LogP contribution in [0.15, 0.2) is 170 Å². The summed E-state index contributed by atoms with van der Waals surface area (Å²) >= 11 is 0. The van der Waals surface area contributed by atoms with Gasteiger partial charge in [-0.15, -0.1) is 0 Å². The molecule has 8 bridgehead atoms. The van der Waals surface area contributed by atoms with Gasteiger partial charge in [0.05, 0.1) is 45.0 Å². The molecule has 0 amide bonds. The fourth-order valence-electron chi connectivity index (χ4n) is 5.27. The fraction of sp³-hybridized carbons (Fsp3) is 0. The summed E-state index contributed by atoms with van der Waals surface area (Å²) in [6, 6.07) is 49.5. The van der Waals surface area contributed by atoms with Crippen LogP contribution in [-0.4, -0.2) is 93.8 Å². The first-order valence-corrected chi connectivity index (χ1v) is 18.2. The van der Waals surface area contributed by atoms with E-state index in [1.165, 1.54) is 0 Å². The molecule has 0 saturated carbocycles. The van der Waals surface area contributed by atoms with Gasteiger partial charge in [0, 0.05) is 51.6 Å². The summed E-state index contributed by atoms with van der Waals surface area (Å²) < 4.78 is 0. The Labute approximate surface area is 372 Å². The monoisotopic (exact) mass is 821 g/mol. The summed E-state index contributed by atoms with van der Waals surface area (Å²) in [6.45, 7) is 0. The second-order valence-electron chi connectivity index (χ2n) is 12.6. The summed E-state index contributed by atoms with van der Waals surface area (Å²) in [6.07, 6.45) is 8.09. The van der Waals surface area contributed by atoms with Crippen LogP contribution in [0.3, 0.4) is 0 Å². The molecular formula is C48H38N4NaO8. The van der Waals surface area contributed by atoms with Gasteiger partial charge in [0.2, 0.25) is 0 Å². The van der Waals surface area contributed by atoms with Crippen molar-refractivity contribution < 1.29 is 39.6 Å². The van der Waals surface area contributed by atoms with Crippen LogP contribution < -0.4 is 0 Å². The maximum Gasteiger partial charge on any atom is 0.335 e. The van der Waals surface area contributed by atoms with E-state index < -0.39 is 23.9 Å². The van der Waals surface area contributed by atoms with Crippen molar-refractivity contribution in [1.29, 1.82) is 0 Å². The average molecular weight is 822 g/mol. The third-order valence-corrected chi connectivity index (χ3v) is 8.12. The number of hydrogen-bond donors (Lipinski definition) is 6. The molecule has 0 spiro atoms. The van der Waals surface area contributed by atoms with Gasteiger partial charge in [-0.1, -0.05) is 72.8 Å². The number of hydrogen-bond acceptors (Lipinski definition) is 6. The number of carbonyl (C=O) groups is 4. The molecule has 6 N–H and O–H groups in total. The Balaban J connectivity index is 0.000000185.